The van der Waals surface area contributed by atoms with Gasteiger partial charge in [0.2, 0.25) is 0 Å². The first-order chi connectivity index (χ1) is 11.8. The van der Waals surface area contributed by atoms with Crippen LogP contribution in [0.5, 0.6) is 0 Å². The summed E-state index contributed by atoms with van der Waals surface area (Å²) in [5.41, 5.74) is -0.202. The smallest absolute Gasteiger partial charge is 0.355 e. The van der Waals surface area contributed by atoms with Gasteiger partial charge in [-0.2, -0.15) is 0 Å². The van der Waals surface area contributed by atoms with Crippen LogP contribution in [0.15, 0.2) is 46.2 Å². The van der Waals surface area contributed by atoms with Gasteiger partial charge >= 0.3 is 11.9 Å². The highest BCUT2D eigenvalue weighted by molar-refractivity contribution is 9.10. The van der Waals surface area contributed by atoms with Crippen LogP contribution in [0, 0.1) is 5.82 Å². The third-order valence-corrected chi connectivity index (χ3v) is 4.44. The van der Waals surface area contributed by atoms with Gasteiger partial charge in [-0.25, -0.2) is 14.0 Å². The highest BCUT2D eigenvalue weighted by Gasteiger charge is 2.30. The first-order valence-electron chi connectivity index (χ1n) is 6.71. The molecule has 0 saturated heterocycles. The van der Waals surface area contributed by atoms with Crippen LogP contribution in [0.2, 0.25) is 10.0 Å². The Kier molecular flexibility index (Phi) is 6.26. The molecule has 1 aliphatic heterocycles. The molecule has 0 bridgehead atoms. The first-order valence-corrected chi connectivity index (χ1v) is 8.26. The average molecular weight is 451 g/mol. The van der Waals surface area contributed by atoms with E-state index in [0.717, 1.165) is 7.11 Å². The quantitative estimate of drug-likeness (QED) is 0.388. The Balaban J connectivity index is 2.81. The molecule has 0 N–H and O–H groups in total. The molecule has 0 aromatic heterocycles. The molecule has 0 fully saturated rings. The highest BCUT2D eigenvalue weighted by atomic mass is 79.9. The van der Waals surface area contributed by atoms with E-state index in [4.69, 9.17) is 32.7 Å². The maximum Gasteiger partial charge on any atom is 0.355 e. The number of carbonyl (C=O) groups is 2. The van der Waals surface area contributed by atoms with Crippen molar-refractivity contribution in [3.63, 3.8) is 0 Å². The van der Waals surface area contributed by atoms with Gasteiger partial charge in [-0.1, -0.05) is 29.3 Å². The lowest BCUT2D eigenvalue weighted by atomic mass is 10.1. The molecule has 2 rings (SSSR count). The van der Waals surface area contributed by atoms with Gasteiger partial charge in [0.1, 0.15) is 10.7 Å². The molecule has 1 aromatic carbocycles. The zero-order chi connectivity index (χ0) is 18.7. The van der Waals surface area contributed by atoms with E-state index < -0.39 is 17.8 Å². The fourth-order valence-electron chi connectivity index (χ4n) is 2.11. The monoisotopic (exact) mass is 449 g/mol. The van der Waals surface area contributed by atoms with Crippen molar-refractivity contribution in [1.82, 2.24) is 0 Å². The SMILES string of the molecule is COC(=O)C1=C(C(=O)OC)N(c2c(Br)cc(Cl)c(F)c2Cl)C=CC=C1. The average Bonchev–Trinajstić information content (AvgIpc) is 2.81. The van der Waals surface area contributed by atoms with Crippen LogP contribution in [0.3, 0.4) is 0 Å². The number of allylic oxidation sites excluding steroid dienone is 2. The number of benzene rings is 1. The summed E-state index contributed by atoms with van der Waals surface area (Å²) in [5, 5.41) is -0.536. The standard InChI is InChI=1S/C16H11BrCl2FNO4/c1-24-15(22)8-5-3-4-6-21(13(8)16(23)25-2)14-9(17)7-10(18)12(20)11(14)19/h3-7H,1-2H3. The minimum absolute atomic E-state index is 0.0744. The molecule has 1 aromatic rings. The fourth-order valence-corrected chi connectivity index (χ4v) is 3.52. The number of halogens is 4. The van der Waals surface area contributed by atoms with Crippen molar-refractivity contribution in [2.24, 2.45) is 0 Å². The Morgan fingerprint density at radius 3 is 2.40 bits per heavy atom. The zero-order valence-electron chi connectivity index (χ0n) is 13.0. The van der Waals surface area contributed by atoms with Crippen LogP contribution in [-0.4, -0.2) is 26.2 Å². The lowest BCUT2D eigenvalue weighted by molar-refractivity contribution is -0.139. The van der Waals surface area contributed by atoms with Gasteiger partial charge in [-0.15, -0.1) is 0 Å². The van der Waals surface area contributed by atoms with E-state index in [1.165, 1.54) is 42.5 Å². The summed E-state index contributed by atoms with van der Waals surface area (Å²) in [5.74, 6) is -2.47. The number of ether oxygens (including phenoxy) is 2. The molecule has 0 unspecified atom stereocenters. The molecule has 1 aliphatic rings. The fraction of sp³-hybridized carbons (Fsp3) is 0.125. The number of methoxy groups -OCH3 is 2. The molecule has 0 atom stereocenters. The van der Waals surface area contributed by atoms with Crippen molar-refractivity contribution in [3.8, 4) is 0 Å². The zero-order valence-corrected chi connectivity index (χ0v) is 16.1. The Morgan fingerprint density at radius 1 is 1.16 bits per heavy atom. The second-order valence-electron chi connectivity index (χ2n) is 4.63. The van der Waals surface area contributed by atoms with Crippen LogP contribution in [0.25, 0.3) is 0 Å². The summed E-state index contributed by atoms with van der Waals surface area (Å²) in [4.78, 5) is 25.6. The van der Waals surface area contributed by atoms with Gasteiger partial charge in [0.05, 0.1) is 30.5 Å². The third kappa shape index (κ3) is 3.73. The lowest BCUT2D eigenvalue weighted by Crippen LogP contribution is -2.27. The molecular formula is C16H11BrCl2FNO4. The molecule has 0 saturated carbocycles. The molecule has 132 valence electrons. The molecule has 0 radical (unpaired) electrons. The Labute approximate surface area is 161 Å². The normalized spacial score (nSPS) is 13.8. The van der Waals surface area contributed by atoms with E-state index in [-0.39, 0.29) is 27.0 Å². The largest absolute Gasteiger partial charge is 0.465 e. The van der Waals surface area contributed by atoms with Gasteiger partial charge in [0.15, 0.2) is 5.82 Å². The van der Waals surface area contributed by atoms with Crippen LogP contribution in [-0.2, 0) is 19.1 Å². The first kappa shape index (κ1) is 19.5. The number of nitrogens with zero attached hydrogens (tertiary/aromatic N) is 1. The Morgan fingerprint density at radius 2 is 1.80 bits per heavy atom. The number of anilines is 1. The number of hydrogen-bond donors (Lipinski definition) is 0. The van der Waals surface area contributed by atoms with E-state index in [9.17, 15) is 14.0 Å². The van der Waals surface area contributed by atoms with E-state index >= 15 is 0 Å². The number of carbonyl (C=O) groups excluding carboxylic acids is 2. The number of rotatable bonds is 3. The lowest BCUT2D eigenvalue weighted by Gasteiger charge is -2.25. The molecule has 0 spiro atoms. The van der Waals surface area contributed by atoms with Gasteiger partial charge in [-0.3, -0.25) is 0 Å². The minimum atomic E-state index is -0.865. The second kappa shape index (κ2) is 8.03. The summed E-state index contributed by atoms with van der Waals surface area (Å²) in [6, 6.07) is 1.29. The predicted octanol–water partition coefficient (Wildman–Crippen LogP) is 4.39. The minimum Gasteiger partial charge on any atom is -0.465 e. The third-order valence-electron chi connectivity index (χ3n) is 3.22. The van der Waals surface area contributed by atoms with Crippen molar-refractivity contribution in [2.75, 3.05) is 19.1 Å². The summed E-state index contributed by atoms with van der Waals surface area (Å²) >= 11 is 15.1. The van der Waals surface area contributed by atoms with E-state index in [0.29, 0.717) is 4.47 Å². The van der Waals surface area contributed by atoms with Crippen molar-refractivity contribution < 1.29 is 23.5 Å². The van der Waals surface area contributed by atoms with Crippen molar-refractivity contribution in [1.29, 1.82) is 0 Å². The summed E-state index contributed by atoms with van der Waals surface area (Å²) in [6.45, 7) is 0. The summed E-state index contributed by atoms with van der Waals surface area (Å²) < 4.78 is 24.0. The molecule has 25 heavy (non-hydrogen) atoms. The molecule has 0 aliphatic carbocycles. The molecule has 5 nitrogen and oxygen atoms in total. The van der Waals surface area contributed by atoms with Gasteiger partial charge in [0, 0.05) is 10.7 Å². The number of esters is 2. The Hall–Kier alpha value is -1.83. The van der Waals surface area contributed by atoms with Gasteiger partial charge < -0.3 is 14.4 Å². The second-order valence-corrected chi connectivity index (χ2v) is 6.27. The summed E-state index contributed by atoms with van der Waals surface area (Å²) in [7, 11) is 2.32. The number of hydrogen-bond acceptors (Lipinski definition) is 5. The van der Waals surface area contributed by atoms with E-state index in [2.05, 4.69) is 15.9 Å². The van der Waals surface area contributed by atoms with Gasteiger partial charge in [0.25, 0.3) is 0 Å². The molecule has 1 heterocycles. The van der Waals surface area contributed by atoms with Crippen LogP contribution in [0.4, 0.5) is 10.1 Å². The van der Waals surface area contributed by atoms with Crippen molar-refractivity contribution in [3.05, 3.63) is 62.1 Å². The van der Waals surface area contributed by atoms with Crippen LogP contribution in [0.1, 0.15) is 0 Å². The molecular weight excluding hydrogens is 440 g/mol. The van der Waals surface area contributed by atoms with Crippen LogP contribution >= 0.6 is 39.1 Å². The van der Waals surface area contributed by atoms with Crippen molar-refractivity contribution in [2.45, 2.75) is 0 Å². The predicted molar refractivity (Wildman–Crippen MR) is 95.9 cm³/mol. The highest BCUT2D eigenvalue weighted by Crippen LogP contribution is 2.42. The van der Waals surface area contributed by atoms with E-state index in [1.54, 1.807) is 0 Å². The Bertz CT molecular complexity index is 836. The maximum atomic E-state index is 14.2. The van der Waals surface area contributed by atoms with Crippen LogP contribution < -0.4 is 4.90 Å². The topological polar surface area (TPSA) is 55.8 Å². The van der Waals surface area contributed by atoms with Gasteiger partial charge in [-0.05, 0) is 34.1 Å². The molecule has 0 amide bonds. The van der Waals surface area contributed by atoms with E-state index in [1.807, 2.05) is 0 Å². The summed E-state index contributed by atoms with van der Waals surface area (Å²) in [6.07, 6.45) is 5.86. The van der Waals surface area contributed by atoms with Crippen molar-refractivity contribution >= 4 is 56.8 Å². The maximum absolute atomic E-state index is 14.2. The molecule has 9 heteroatoms.